The summed E-state index contributed by atoms with van der Waals surface area (Å²) in [5.41, 5.74) is 0.892. The zero-order valence-electron chi connectivity index (χ0n) is 8.13. The van der Waals surface area contributed by atoms with E-state index in [0.717, 1.165) is 0 Å². The van der Waals surface area contributed by atoms with Crippen LogP contribution in [0, 0.1) is 0 Å². The minimum Gasteiger partial charge on any atom is -0.443 e. The Bertz CT molecular complexity index is 467. The van der Waals surface area contributed by atoms with Crippen LogP contribution in [0.25, 0.3) is 11.1 Å². The highest BCUT2D eigenvalue weighted by molar-refractivity contribution is 5.73. The van der Waals surface area contributed by atoms with Crippen LogP contribution in [0.1, 0.15) is 5.56 Å². The van der Waals surface area contributed by atoms with E-state index < -0.39 is 12.5 Å². The molecule has 0 unspecified atom stereocenters. The maximum atomic E-state index is 13.5. The lowest BCUT2D eigenvalue weighted by Crippen LogP contribution is -2.27. The van der Waals surface area contributed by atoms with Crippen LogP contribution in [0.15, 0.2) is 29.0 Å². The van der Waals surface area contributed by atoms with Crippen LogP contribution in [-0.4, -0.2) is 18.6 Å². The van der Waals surface area contributed by atoms with Gasteiger partial charge in [0.1, 0.15) is 5.52 Å². The lowest BCUT2D eigenvalue weighted by molar-refractivity contribution is -0.00119. The van der Waals surface area contributed by atoms with Gasteiger partial charge in [0, 0.05) is 5.56 Å². The highest BCUT2D eigenvalue weighted by atomic mass is 19.3. The molecular formula is C10H10F2N2O. The lowest BCUT2D eigenvalue weighted by Gasteiger charge is -2.15. The number of hydrogen-bond acceptors (Lipinski definition) is 3. The van der Waals surface area contributed by atoms with Crippen molar-refractivity contribution in [3.63, 3.8) is 0 Å². The number of rotatable bonds is 3. The van der Waals surface area contributed by atoms with Gasteiger partial charge < -0.3 is 9.73 Å². The summed E-state index contributed by atoms with van der Waals surface area (Å²) in [7, 11) is 1.49. The topological polar surface area (TPSA) is 38.1 Å². The van der Waals surface area contributed by atoms with Crippen molar-refractivity contribution in [2.45, 2.75) is 5.92 Å². The van der Waals surface area contributed by atoms with Crippen molar-refractivity contribution >= 4 is 11.1 Å². The van der Waals surface area contributed by atoms with Crippen LogP contribution in [-0.2, 0) is 5.92 Å². The molecule has 2 rings (SSSR count). The quantitative estimate of drug-likeness (QED) is 0.847. The molecule has 0 bridgehead atoms. The number of halogens is 2. The molecule has 0 fully saturated rings. The summed E-state index contributed by atoms with van der Waals surface area (Å²) in [6, 6.07) is 4.21. The zero-order chi connectivity index (χ0) is 10.9. The molecule has 0 aliphatic heterocycles. The van der Waals surface area contributed by atoms with Gasteiger partial charge in [-0.25, -0.2) is 4.98 Å². The smallest absolute Gasteiger partial charge is 0.285 e. The molecule has 80 valence electrons. The maximum Gasteiger partial charge on any atom is 0.285 e. The van der Waals surface area contributed by atoms with Crippen molar-refractivity contribution in [3.8, 4) is 0 Å². The van der Waals surface area contributed by atoms with Crippen LogP contribution >= 0.6 is 0 Å². The highest BCUT2D eigenvalue weighted by Gasteiger charge is 2.30. The van der Waals surface area contributed by atoms with Gasteiger partial charge in [-0.1, -0.05) is 6.07 Å². The van der Waals surface area contributed by atoms with Gasteiger partial charge in [-0.05, 0) is 19.2 Å². The molecule has 0 saturated heterocycles. The third-order valence-corrected chi connectivity index (χ3v) is 2.15. The molecule has 0 amide bonds. The Morgan fingerprint density at radius 2 is 2.27 bits per heavy atom. The Balaban J connectivity index is 2.42. The summed E-state index contributed by atoms with van der Waals surface area (Å²) in [5.74, 6) is -2.89. The third kappa shape index (κ3) is 1.83. The first kappa shape index (κ1) is 10.0. The van der Waals surface area contributed by atoms with E-state index in [9.17, 15) is 8.78 Å². The molecule has 1 aromatic carbocycles. The summed E-state index contributed by atoms with van der Waals surface area (Å²) in [6.45, 7) is -0.396. The number of nitrogens with one attached hydrogen (secondary N) is 1. The molecule has 15 heavy (non-hydrogen) atoms. The van der Waals surface area contributed by atoms with E-state index in [1.807, 2.05) is 0 Å². The minimum atomic E-state index is -2.89. The maximum absolute atomic E-state index is 13.5. The molecule has 0 saturated carbocycles. The van der Waals surface area contributed by atoms with Gasteiger partial charge in [-0.15, -0.1) is 0 Å². The molecule has 0 aliphatic carbocycles. The van der Waals surface area contributed by atoms with Crippen LogP contribution in [0.3, 0.4) is 0 Å². The molecule has 0 aliphatic rings. The van der Waals surface area contributed by atoms with Gasteiger partial charge in [0.15, 0.2) is 12.0 Å². The largest absolute Gasteiger partial charge is 0.443 e. The molecule has 0 radical (unpaired) electrons. The standard InChI is InChI=1S/C10H10F2N2O/c1-13-5-10(11,12)7-2-3-8-9(4-7)15-6-14-8/h2-4,6,13H,5H2,1H3. The fraction of sp³-hybridized carbons (Fsp3) is 0.300. The number of benzene rings is 1. The molecule has 5 heteroatoms. The van der Waals surface area contributed by atoms with E-state index in [1.165, 1.54) is 31.6 Å². The molecular weight excluding hydrogens is 202 g/mol. The van der Waals surface area contributed by atoms with Crippen LogP contribution < -0.4 is 5.32 Å². The van der Waals surface area contributed by atoms with Gasteiger partial charge >= 0.3 is 0 Å². The highest BCUT2D eigenvalue weighted by Crippen LogP contribution is 2.29. The van der Waals surface area contributed by atoms with Gasteiger partial charge in [0.25, 0.3) is 5.92 Å². The van der Waals surface area contributed by atoms with Crippen molar-refractivity contribution in [1.82, 2.24) is 10.3 Å². The number of hydrogen-bond donors (Lipinski definition) is 1. The Hall–Kier alpha value is -1.49. The Morgan fingerprint density at radius 3 is 3.00 bits per heavy atom. The van der Waals surface area contributed by atoms with Crippen molar-refractivity contribution in [3.05, 3.63) is 30.2 Å². The molecule has 1 aromatic heterocycles. The molecule has 0 atom stereocenters. The van der Waals surface area contributed by atoms with E-state index in [1.54, 1.807) is 0 Å². The number of likely N-dealkylation sites (N-methyl/N-ethyl adjacent to an activating group) is 1. The second-order valence-electron chi connectivity index (χ2n) is 3.27. The third-order valence-electron chi connectivity index (χ3n) is 2.15. The van der Waals surface area contributed by atoms with Crippen molar-refractivity contribution in [1.29, 1.82) is 0 Å². The van der Waals surface area contributed by atoms with E-state index in [-0.39, 0.29) is 5.56 Å². The van der Waals surface area contributed by atoms with Gasteiger partial charge in [-0.2, -0.15) is 8.78 Å². The summed E-state index contributed by atoms with van der Waals surface area (Å²) in [6.07, 6.45) is 1.24. The van der Waals surface area contributed by atoms with Gasteiger partial charge in [-0.3, -0.25) is 0 Å². The summed E-state index contributed by atoms with van der Waals surface area (Å²) in [5, 5.41) is 2.45. The number of oxazole rings is 1. The Kier molecular flexibility index (Phi) is 2.40. The Morgan fingerprint density at radius 1 is 1.47 bits per heavy atom. The number of nitrogens with zero attached hydrogens (tertiary/aromatic N) is 1. The van der Waals surface area contributed by atoms with E-state index in [4.69, 9.17) is 4.42 Å². The van der Waals surface area contributed by atoms with Crippen molar-refractivity contribution in [2.24, 2.45) is 0 Å². The summed E-state index contributed by atoms with van der Waals surface area (Å²) < 4.78 is 31.9. The normalized spacial score (nSPS) is 12.2. The van der Waals surface area contributed by atoms with E-state index in [2.05, 4.69) is 10.3 Å². The molecule has 2 aromatic rings. The number of alkyl halides is 2. The van der Waals surface area contributed by atoms with Crippen LogP contribution in [0.4, 0.5) is 8.78 Å². The Labute approximate surface area is 85.1 Å². The van der Waals surface area contributed by atoms with E-state index in [0.29, 0.717) is 11.1 Å². The monoisotopic (exact) mass is 212 g/mol. The zero-order valence-corrected chi connectivity index (χ0v) is 8.13. The first-order valence-electron chi connectivity index (χ1n) is 4.49. The predicted octanol–water partition coefficient (Wildman–Crippen LogP) is 2.14. The molecule has 3 nitrogen and oxygen atoms in total. The van der Waals surface area contributed by atoms with Crippen LogP contribution in [0.2, 0.25) is 0 Å². The number of aromatic nitrogens is 1. The molecule has 1 N–H and O–H groups in total. The number of fused-ring (bicyclic) bond motifs is 1. The minimum absolute atomic E-state index is 0.0684. The predicted molar refractivity (Wildman–Crippen MR) is 51.8 cm³/mol. The fourth-order valence-electron chi connectivity index (χ4n) is 1.41. The van der Waals surface area contributed by atoms with E-state index >= 15 is 0 Å². The fourth-order valence-corrected chi connectivity index (χ4v) is 1.41. The average Bonchev–Trinajstić information content (AvgIpc) is 2.63. The summed E-state index contributed by atoms with van der Waals surface area (Å²) in [4.78, 5) is 3.86. The van der Waals surface area contributed by atoms with Crippen molar-refractivity contribution in [2.75, 3.05) is 13.6 Å². The van der Waals surface area contributed by atoms with Gasteiger partial charge in [0.2, 0.25) is 0 Å². The lowest BCUT2D eigenvalue weighted by atomic mass is 10.1. The first-order valence-corrected chi connectivity index (χ1v) is 4.49. The SMILES string of the molecule is CNCC(F)(F)c1ccc2ncoc2c1. The second kappa shape index (κ2) is 3.58. The molecule has 0 spiro atoms. The van der Waals surface area contributed by atoms with Crippen LogP contribution in [0.5, 0.6) is 0 Å². The summed E-state index contributed by atoms with van der Waals surface area (Å²) >= 11 is 0. The second-order valence-corrected chi connectivity index (χ2v) is 3.27. The van der Waals surface area contributed by atoms with Gasteiger partial charge in [0.05, 0.1) is 6.54 Å². The van der Waals surface area contributed by atoms with Crippen molar-refractivity contribution < 1.29 is 13.2 Å². The first-order chi connectivity index (χ1) is 7.13. The average molecular weight is 212 g/mol. The molecule has 1 heterocycles.